The highest BCUT2D eigenvalue weighted by atomic mass is 35.5. The number of hydrogen-bond acceptors (Lipinski definition) is 5. The third-order valence-corrected chi connectivity index (χ3v) is 4.61. The lowest BCUT2D eigenvalue weighted by molar-refractivity contribution is 0.0880. The van der Waals surface area contributed by atoms with Crippen molar-refractivity contribution in [1.82, 2.24) is 14.9 Å². The summed E-state index contributed by atoms with van der Waals surface area (Å²) < 4.78 is 13.2. The van der Waals surface area contributed by atoms with Crippen LogP contribution in [0.5, 0.6) is 11.5 Å². The highest BCUT2D eigenvalue weighted by molar-refractivity contribution is 6.33. The van der Waals surface area contributed by atoms with Crippen molar-refractivity contribution in [1.29, 1.82) is 0 Å². The van der Waals surface area contributed by atoms with Gasteiger partial charge < -0.3 is 24.5 Å². The van der Waals surface area contributed by atoms with Crippen LogP contribution in [0.3, 0.4) is 0 Å². The normalized spacial score (nSPS) is 20.7. The zero-order valence-corrected chi connectivity index (χ0v) is 15.5. The predicted molar refractivity (Wildman–Crippen MR) is 97.5 cm³/mol. The molecule has 1 aliphatic heterocycles. The second-order valence-corrected chi connectivity index (χ2v) is 6.84. The van der Waals surface area contributed by atoms with Crippen molar-refractivity contribution in [2.45, 2.75) is 38.5 Å². The van der Waals surface area contributed by atoms with Gasteiger partial charge in [-0.2, -0.15) is 0 Å². The number of methoxy groups -OCH3 is 1. The maximum absolute atomic E-state index is 10.3. The Morgan fingerprint density at radius 1 is 1.36 bits per heavy atom. The quantitative estimate of drug-likeness (QED) is 0.852. The number of nitrogens with one attached hydrogen (secondary N) is 1. The van der Waals surface area contributed by atoms with Crippen LogP contribution in [0.15, 0.2) is 24.5 Å². The third kappa shape index (κ3) is 3.76. The summed E-state index contributed by atoms with van der Waals surface area (Å²) in [5.74, 6) is 1.92. The van der Waals surface area contributed by atoms with Crippen molar-refractivity contribution in [3.63, 3.8) is 0 Å². The predicted octanol–water partition coefficient (Wildman–Crippen LogP) is 2.89. The van der Waals surface area contributed by atoms with E-state index in [0.717, 1.165) is 18.5 Å². The molecule has 2 aromatic rings. The number of imidazole rings is 1. The fourth-order valence-electron chi connectivity index (χ4n) is 3.15. The van der Waals surface area contributed by atoms with Gasteiger partial charge in [-0.1, -0.05) is 11.6 Å². The first-order valence-electron chi connectivity index (χ1n) is 8.47. The van der Waals surface area contributed by atoms with Crippen molar-refractivity contribution < 1.29 is 14.6 Å². The molecular weight excluding hydrogens is 342 g/mol. The average molecular weight is 366 g/mol. The van der Waals surface area contributed by atoms with Gasteiger partial charge in [0.1, 0.15) is 5.82 Å². The van der Waals surface area contributed by atoms with E-state index in [-0.39, 0.29) is 12.1 Å². The Balaban J connectivity index is 2.01. The molecule has 2 heterocycles. The molecule has 1 saturated heterocycles. The molecule has 3 rings (SSSR count). The molecule has 2 atom stereocenters. The first kappa shape index (κ1) is 18.0. The highest BCUT2D eigenvalue weighted by Gasteiger charge is 2.27. The Bertz CT molecular complexity index is 732. The molecule has 0 radical (unpaired) electrons. The van der Waals surface area contributed by atoms with Crippen LogP contribution in [0.2, 0.25) is 5.02 Å². The van der Waals surface area contributed by atoms with E-state index >= 15 is 0 Å². The largest absolute Gasteiger partial charge is 0.493 e. The zero-order valence-electron chi connectivity index (χ0n) is 14.7. The molecular formula is C18H24ClN3O3. The topological polar surface area (TPSA) is 68.5 Å². The smallest absolute Gasteiger partial charge is 0.163 e. The number of aliphatic hydroxyl groups excluding tert-OH is 1. The summed E-state index contributed by atoms with van der Waals surface area (Å²) in [4.78, 5) is 4.47. The number of hydrogen-bond donors (Lipinski definition) is 2. The van der Waals surface area contributed by atoms with Crippen LogP contribution in [0.1, 0.15) is 26.3 Å². The second-order valence-electron chi connectivity index (χ2n) is 6.44. The molecule has 0 spiro atoms. The van der Waals surface area contributed by atoms with Crippen molar-refractivity contribution >= 4 is 11.6 Å². The Kier molecular flexibility index (Phi) is 5.51. The average Bonchev–Trinajstić information content (AvgIpc) is 3.04. The molecule has 1 fully saturated rings. The highest BCUT2D eigenvalue weighted by Crippen LogP contribution is 2.39. The summed E-state index contributed by atoms with van der Waals surface area (Å²) in [6.45, 7) is 5.33. The molecule has 6 nitrogen and oxygen atoms in total. The Labute approximate surface area is 152 Å². The van der Waals surface area contributed by atoms with Gasteiger partial charge in [-0.05, 0) is 32.9 Å². The van der Waals surface area contributed by atoms with E-state index in [9.17, 15) is 5.11 Å². The molecule has 0 bridgehead atoms. The molecule has 1 aromatic heterocycles. The van der Waals surface area contributed by atoms with Crippen molar-refractivity contribution in [3.8, 4) is 22.9 Å². The van der Waals surface area contributed by atoms with E-state index in [1.165, 1.54) is 0 Å². The summed E-state index contributed by atoms with van der Waals surface area (Å²) >= 11 is 6.52. The molecule has 1 aliphatic rings. The fraction of sp³-hybridized carbons (Fsp3) is 0.500. The van der Waals surface area contributed by atoms with Gasteiger partial charge >= 0.3 is 0 Å². The minimum atomic E-state index is -0.467. The summed E-state index contributed by atoms with van der Waals surface area (Å²) in [7, 11) is 1.60. The van der Waals surface area contributed by atoms with E-state index in [4.69, 9.17) is 21.1 Å². The van der Waals surface area contributed by atoms with Crippen LogP contribution in [0, 0.1) is 0 Å². The van der Waals surface area contributed by atoms with E-state index in [2.05, 4.69) is 10.3 Å². The molecule has 25 heavy (non-hydrogen) atoms. The number of benzene rings is 1. The summed E-state index contributed by atoms with van der Waals surface area (Å²) in [6.07, 6.45) is 3.99. The molecule has 136 valence electrons. The van der Waals surface area contributed by atoms with Gasteiger partial charge in [-0.25, -0.2) is 4.98 Å². The molecule has 0 unspecified atom stereocenters. The lowest BCUT2D eigenvalue weighted by Crippen LogP contribution is -2.41. The van der Waals surface area contributed by atoms with Crippen molar-refractivity contribution in [2.24, 2.45) is 0 Å². The minimum absolute atomic E-state index is 0.0164. The number of aliphatic hydroxyl groups is 1. The zero-order chi connectivity index (χ0) is 18.0. The third-order valence-electron chi connectivity index (χ3n) is 4.30. The summed E-state index contributed by atoms with van der Waals surface area (Å²) in [5, 5.41) is 14.1. The van der Waals surface area contributed by atoms with Crippen LogP contribution < -0.4 is 14.8 Å². The Morgan fingerprint density at radius 3 is 2.84 bits per heavy atom. The monoisotopic (exact) mass is 365 g/mol. The van der Waals surface area contributed by atoms with Gasteiger partial charge in [-0.3, -0.25) is 0 Å². The molecule has 0 amide bonds. The van der Waals surface area contributed by atoms with Gasteiger partial charge in [0.2, 0.25) is 0 Å². The van der Waals surface area contributed by atoms with Crippen molar-refractivity contribution in [2.75, 3.05) is 20.2 Å². The van der Waals surface area contributed by atoms with Gasteiger partial charge in [0, 0.05) is 30.6 Å². The number of rotatable bonds is 5. The van der Waals surface area contributed by atoms with Crippen LogP contribution >= 0.6 is 11.6 Å². The number of nitrogens with zero attached hydrogens (tertiary/aromatic N) is 2. The maximum Gasteiger partial charge on any atom is 0.163 e. The van der Waals surface area contributed by atoms with Gasteiger partial charge in [0.05, 0.1) is 30.4 Å². The van der Waals surface area contributed by atoms with E-state index in [0.29, 0.717) is 28.9 Å². The summed E-state index contributed by atoms with van der Waals surface area (Å²) in [6, 6.07) is 3.56. The Morgan fingerprint density at radius 2 is 2.16 bits per heavy atom. The second kappa shape index (κ2) is 7.64. The minimum Gasteiger partial charge on any atom is -0.493 e. The fourth-order valence-corrected chi connectivity index (χ4v) is 3.39. The number of piperidine rings is 1. The van der Waals surface area contributed by atoms with Crippen LogP contribution in [0.4, 0.5) is 0 Å². The van der Waals surface area contributed by atoms with Gasteiger partial charge in [0.15, 0.2) is 11.5 Å². The van der Waals surface area contributed by atoms with Gasteiger partial charge in [-0.15, -0.1) is 0 Å². The van der Waals surface area contributed by atoms with Gasteiger partial charge in [0.25, 0.3) is 0 Å². The molecule has 2 N–H and O–H groups in total. The first-order valence-corrected chi connectivity index (χ1v) is 8.85. The van der Waals surface area contributed by atoms with E-state index in [1.807, 2.05) is 30.7 Å². The molecule has 7 heteroatoms. The standard InChI is InChI=1S/C18H24ClN3O3/c1-11(2)25-17-9-13(19)12(8-16(17)24-3)18-21-6-7-22(18)14-4-5-20-10-15(14)23/h6-9,11,14-15,20,23H,4-5,10H2,1-3H3/t14-,15-/m0/s1. The molecule has 0 saturated carbocycles. The SMILES string of the molecule is COc1cc(-c2nccn2[C@H]2CCNC[C@@H]2O)c(Cl)cc1OC(C)C. The van der Waals surface area contributed by atoms with Crippen LogP contribution in [0.25, 0.3) is 11.4 Å². The van der Waals surface area contributed by atoms with E-state index in [1.54, 1.807) is 19.4 Å². The maximum atomic E-state index is 10.3. The number of halogens is 1. The molecule has 1 aromatic carbocycles. The molecule has 0 aliphatic carbocycles. The van der Waals surface area contributed by atoms with Crippen molar-refractivity contribution in [3.05, 3.63) is 29.5 Å². The van der Waals surface area contributed by atoms with Crippen LogP contribution in [-0.2, 0) is 0 Å². The van der Waals surface area contributed by atoms with Crippen LogP contribution in [-0.4, -0.2) is 47.1 Å². The van der Waals surface area contributed by atoms with E-state index < -0.39 is 6.10 Å². The summed E-state index contributed by atoms with van der Waals surface area (Å²) in [5.41, 5.74) is 0.755. The first-order chi connectivity index (χ1) is 12.0. The lowest BCUT2D eigenvalue weighted by atomic mass is 10.0. The number of aromatic nitrogens is 2. The Hall–Kier alpha value is -1.76. The number of β-amino-alcohol motifs (C(OH)–C–C–N with tert-alkyl or cyclic N) is 1. The lowest BCUT2D eigenvalue weighted by Gasteiger charge is -2.30. The number of ether oxygens (including phenoxy) is 2.